The highest BCUT2D eigenvalue weighted by molar-refractivity contribution is 6.33. The zero-order valence-electron chi connectivity index (χ0n) is 14.9. The van der Waals surface area contributed by atoms with Gasteiger partial charge in [0.1, 0.15) is 17.3 Å². The number of amides is 1. The molecule has 0 radical (unpaired) electrons. The highest BCUT2D eigenvalue weighted by atomic mass is 35.5. The predicted octanol–water partition coefficient (Wildman–Crippen LogP) is 4.78. The summed E-state index contributed by atoms with van der Waals surface area (Å²) in [6.45, 7) is 2.66. The molecular weight excluding hydrogens is 360 g/mol. The minimum Gasteiger partial charge on any atom is -0.326 e. The monoisotopic (exact) mass is 378 g/mol. The molecule has 0 aliphatic carbocycles. The normalized spacial score (nSPS) is 13.2. The molecule has 0 saturated heterocycles. The Balaban J connectivity index is 1.67. The lowest BCUT2D eigenvalue weighted by Gasteiger charge is -2.30. The minimum atomic E-state index is -0.305. The third-order valence-electron chi connectivity index (χ3n) is 4.57. The van der Waals surface area contributed by atoms with E-state index in [1.54, 1.807) is 25.1 Å². The summed E-state index contributed by atoms with van der Waals surface area (Å²) in [6, 6.07) is 17.2. The number of halogens is 1. The van der Waals surface area contributed by atoms with Gasteiger partial charge in [-0.1, -0.05) is 41.9 Å². The van der Waals surface area contributed by atoms with Gasteiger partial charge in [0.2, 0.25) is 0 Å². The second-order valence-corrected chi connectivity index (χ2v) is 6.88. The van der Waals surface area contributed by atoms with E-state index in [1.807, 2.05) is 18.2 Å². The number of fused-ring (bicyclic) bond motifs is 1. The van der Waals surface area contributed by atoms with Gasteiger partial charge in [0.05, 0.1) is 10.7 Å². The van der Waals surface area contributed by atoms with Crippen molar-refractivity contribution in [3.05, 3.63) is 76.7 Å². The van der Waals surface area contributed by atoms with Crippen LogP contribution in [0.4, 0.5) is 17.2 Å². The highest BCUT2D eigenvalue weighted by Gasteiger charge is 2.21. The van der Waals surface area contributed by atoms with Gasteiger partial charge in [-0.05, 0) is 43.5 Å². The lowest BCUT2D eigenvalue weighted by Crippen LogP contribution is -2.26. The van der Waals surface area contributed by atoms with Crippen molar-refractivity contribution >= 4 is 34.7 Å². The number of carbonyl (C=O) groups excluding carboxylic acids is 1. The van der Waals surface area contributed by atoms with Gasteiger partial charge < -0.3 is 10.2 Å². The fourth-order valence-electron chi connectivity index (χ4n) is 3.33. The molecule has 0 fully saturated rings. The maximum absolute atomic E-state index is 12.7. The van der Waals surface area contributed by atoms with Crippen LogP contribution in [0.15, 0.2) is 54.6 Å². The zero-order chi connectivity index (χ0) is 18.8. The van der Waals surface area contributed by atoms with E-state index in [2.05, 4.69) is 38.4 Å². The molecule has 0 saturated carbocycles. The highest BCUT2D eigenvalue weighted by Crippen LogP contribution is 2.32. The molecule has 27 heavy (non-hydrogen) atoms. The fourth-order valence-corrected chi connectivity index (χ4v) is 3.51. The molecule has 1 aliphatic heterocycles. The Morgan fingerprint density at radius 2 is 1.89 bits per heavy atom. The van der Waals surface area contributed by atoms with Crippen molar-refractivity contribution in [1.29, 1.82) is 0 Å². The number of aryl methyl sites for hydroxylation is 2. The Kier molecular flexibility index (Phi) is 4.77. The Bertz CT molecular complexity index is 1000. The lowest BCUT2D eigenvalue weighted by molar-refractivity contribution is 0.102. The number of hydrogen-bond donors (Lipinski definition) is 1. The maximum Gasteiger partial charge on any atom is 0.274 e. The Morgan fingerprint density at radius 1 is 1.11 bits per heavy atom. The van der Waals surface area contributed by atoms with Crippen LogP contribution in [-0.4, -0.2) is 22.4 Å². The van der Waals surface area contributed by atoms with Crippen molar-refractivity contribution < 1.29 is 4.79 Å². The van der Waals surface area contributed by atoms with Gasteiger partial charge in [0.25, 0.3) is 5.91 Å². The molecule has 1 aliphatic rings. The Morgan fingerprint density at radius 3 is 2.74 bits per heavy atom. The number of nitrogens with one attached hydrogen (secondary N) is 1. The van der Waals surface area contributed by atoms with Crippen LogP contribution in [0.5, 0.6) is 0 Å². The van der Waals surface area contributed by atoms with Crippen LogP contribution in [0, 0.1) is 6.92 Å². The average molecular weight is 379 g/mol. The summed E-state index contributed by atoms with van der Waals surface area (Å²) < 4.78 is 0. The SMILES string of the molecule is Cc1nc(C(=O)Nc2ccccc2Cl)cc(N2CCCc3ccccc32)n1. The van der Waals surface area contributed by atoms with E-state index in [0.29, 0.717) is 22.2 Å². The van der Waals surface area contributed by atoms with Gasteiger partial charge in [-0.15, -0.1) is 0 Å². The Labute approximate surface area is 163 Å². The summed E-state index contributed by atoms with van der Waals surface area (Å²) in [7, 11) is 0. The standard InChI is InChI=1S/C21H19ClN4O/c1-14-23-18(21(27)25-17-10-4-3-9-16(17)22)13-20(24-14)26-12-6-8-15-7-2-5-11-19(15)26/h2-5,7,9-11,13H,6,8,12H2,1H3,(H,25,27). The molecule has 4 rings (SSSR count). The van der Waals surface area contributed by atoms with E-state index in [1.165, 1.54) is 5.56 Å². The van der Waals surface area contributed by atoms with Gasteiger partial charge in [-0.2, -0.15) is 0 Å². The summed E-state index contributed by atoms with van der Waals surface area (Å²) in [5, 5.41) is 3.31. The van der Waals surface area contributed by atoms with Gasteiger partial charge in [0.15, 0.2) is 0 Å². The molecule has 0 spiro atoms. The average Bonchev–Trinajstić information content (AvgIpc) is 2.69. The molecule has 3 aromatic rings. The number of para-hydroxylation sites is 2. The fraction of sp³-hybridized carbons (Fsp3) is 0.190. The van der Waals surface area contributed by atoms with Crippen molar-refractivity contribution in [3.63, 3.8) is 0 Å². The largest absolute Gasteiger partial charge is 0.326 e. The van der Waals surface area contributed by atoms with Crippen molar-refractivity contribution in [2.75, 3.05) is 16.8 Å². The summed E-state index contributed by atoms with van der Waals surface area (Å²) in [5.74, 6) is 0.985. The number of hydrogen-bond acceptors (Lipinski definition) is 4. The molecule has 1 N–H and O–H groups in total. The van der Waals surface area contributed by atoms with Crippen LogP contribution >= 0.6 is 11.6 Å². The Hall–Kier alpha value is -2.92. The van der Waals surface area contributed by atoms with Crippen LogP contribution in [0.3, 0.4) is 0 Å². The second kappa shape index (κ2) is 7.37. The van der Waals surface area contributed by atoms with Crippen molar-refractivity contribution in [3.8, 4) is 0 Å². The van der Waals surface area contributed by atoms with Crippen LogP contribution in [0.2, 0.25) is 5.02 Å². The molecule has 1 amide bonds. The van der Waals surface area contributed by atoms with E-state index in [-0.39, 0.29) is 5.91 Å². The van der Waals surface area contributed by atoms with E-state index in [9.17, 15) is 4.79 Å². The van der Waals surface area contributed by atoms with Crippen LogP contribution in [-0.2, 0) is 6.42 Å². The number of rotatable bonds is 3. The van der Waals surface area contributed by atoms with Crippen molar-refractivity contribution in [2.24, 2.45) is 0 Å². The number of anilines is 3. The van der Waals surface area contributed by atoms with E-state index in [0.717, 1.165) is 30.9 Å². The van der Waals surface area contributed by atoms with Gasteiger partial charge in [0, 0.05) is 18.3 Å². The molecule has 0 unspecified atom stereocenters. The van der Waals surface area contributed by atoms with Crippen molar-refractivity contribution in [2.45, 2.75) is 19.8 Å². The second-order valence-electron chi connectivity index (χ2n) is 6.48. The predicted molar refractivity (Wildman–Crippen MR) is 108 cm³/mol. The summed E-state index contributed by atoms with van der Waals surface area (Å²) in [4.78, 5) is 23.8. The molecule has 6 heteroatoms. The molecule has 0 atom stereocenters. The quantitative estimate of drug-likeness (QED) is 0.712. The summed E-state index contributed by atoms with van der Waals surface area (Å²) in [6.07, 6.45) is 2.10. The number of carbonyl (C=O) groups is 1. The minimum absolute atomic E-state index is 0.305. The first-order valence-electron chi connectivity index (χ1n) is 8.89. The maximum atomic E-state index is 12.7. The molecule has 136 valence electrons. The van der Waals surface area contributed by atoms with E-state index in [4.69, 9.17) is 11.6 Å². The third-order valence-corrected chi connectivity index (χ3v) is 4.90. The topological polar surface area (TPSA) is 58.1 Å². The first kappa shape index (κ1) is 17.5. The van der Waals surface area contributed by atoms with Gasteiger partial charge in [-0.25, -0.2) is 9.97 Å². The molecular formula is C21H19ClN4O. The molecule has 0 bridgehead atoms. The van der Waals surface area contributed by atoms with Gasteiger partial charge in [-0.3, -0.25) is 4.79 Å². The summed E-state index contributed by atoms with van der Waals surface area (Å²) in [5.41, 5.74) is 3.31. The van der Waals surface area contributed by atoms with Crippen molar-refractivity contribution in [1.82, 2.24) is 9.97 Å². The zero-order valence-corrected chi connectivity index (χ0v) is 15.7. The van der Waals surface area contributed by atoms with Crippen LogP contribution < -0.4 is 10.2 Å². The first-order chi connectivity index (χ1) is 13.1. The van der Waals surface area contributed by atoms with Crippen LogP contribution in [0.1, 0.15) is 28.3 Å². The first-order valence-corrected chi connectivity index (χ1v) is 9.26. The number of aromatic nitrogens is 2. The summed E-state index contributed by atoms with van der Waals surface area (Å²) >= 11 is 6.14. The number of benzene rings is 2. The molecule has 2 heterocycles. The molecule has 1 aromatic heterocycles. The van der Waals surface area contributed by atoms with Gasteiger partial charge >= 0.3 is 0 Å². The van der Waals surface area contributed by atoms with E-state index < -0.39 is 0 Å². The number of nitrogens with zero attached hydrogens (tertiary/aromatic N) is 3. The third kappa shape index (κ3) is 3.64. The van der Waals surface area contributed by atoms with E-state index >= 15 is 0 Å². The molecule has 5 nitrogen and oxygen atoms in total. The smallest absolute Gasteiger partial charge is 0.274 e. The lowest BCUT2D eigenvalue weighted by atomic mass is 10.0. The molecule has 2 aromatic carbocycles. The van der Waals surface area contributed by atoms with Crippen LogP contribution in [0.25, 0.3) is 0 Å².